The molecule has 168 valence electrons. The van der Waals surface area contributed by atoms with E-state index in [-0.39, 0.29) is 33.0 Å². The second kappa shape index (κ2) is 9.35. The van der Waals surface area contributed by atoms with Gasteiger partial charge in [0.1, 0.15) is 27.9 Å². The molecule has 9 nitrogen and oxygen atoms in total. The first-order valence-corrected chi connectivity index (χ1v) is 10.3. The second-order valence-electron chi connectivity index (χ2n) is 6.69. The fourth-order valence-corrected chi connectivity index (χ4v) is 3.58. The normalized spacial score (nSPS) is 11.2. The number of hydrogen-bond donors (Lipinski definition) is 1. The third kappa shape index (κ3) is 4.84. The van der Waals surface area contributed by atoms with E-state index in [9.17, 15) is 14.9 Å². The molecule has 0 bridgehead atoms. The minimum Gasteiger partial charge on any atom is -0.494 e. The van der Waals surface area contributed by atoms with Crippen molar-refractivity contribution in [1.29, 1.82) is 0 Å². The molecule has 0 saturated carbocycles. The van der Waals surface area contributed by atoms with Crippen molar-refractivity contribution in [1.82, 2.24) is 5.43 Å². The Hall–Kier alpha value is -3.82. The highest BCUT2D eigenvalue weighted by Gasteiger charge is 2.19. The lowest BCUT2D eigenvalue weighted by molar-refractivity contribution is -0.384. The van der Waals surface area contributed by atoms with Gasteiger partial charge in [-0.15, -0.1) is 0 Å². The quantitative estimate of drug-likeness (QED) is 0.192. The molecule has 2 aromatic carbocycles. The molecule has 11 heteroatoms. The van der Waals surface area contributed by atoms with Crippen molar-refractivity contribution in [3.05, 3.63) is 80.2 Å². The standard InChI is InChI=1S/C22H15Cl2N3O6/c1-2-31-13-3-5-19-12(7-13)8-21(33-19)22(28)26-25-11-14-4-6-20(32-14)15-9-18(27(29)30)17(24)10-16(15)23/h3-11H,2H2,1H3,(H,26,28)/b25-11+. The van der Waals surface area contributed by atoms with Crippen molar-refractivity contribution in [3.63, 3.8) is 0 Å². The van der Waals surface area contributed by atoms with Crippen LogP contribution in [0, 0.1) is 10.1 Å². The summed E-state index contributed by atoms with van der Waals surface area (Å²) in [5, 5.41) is 15.8. The molecule has 4 rings (SSSR count). The van der Waals surface area contributed by atoms with Crippen LogP contribution in [-0.2, 0) is 0 Å². The van der Waals surface area contributed by atoms with Gasteiger partial charge in [-0.2, -0.15) is 5.10 Å². The lowest BCUT2D eigenvalue weighted by Crippen LogP contribution is -2.16. The smallest absolute Gasteiger partial charge is 0.307 e. The van der Waals surface area contributed by atoms with E-state index in [2.05, 4.69) is 10.5 Å². The van der Waals surface area contributed by atoms with E-state index in [0.717, 1.165) is 5.39 Å². The number of halogens is 2. The monoisotopic (exact) mass is 487 g/mol. The molecule has 1 amide bonds. The highest BCUT2D eigenvalue weighted by atomic mass is 35.5. The Morgan fingerprint density at radius 2 is 1.97 bits per heavy atom. The predicted octanol–water partition coefficient (Wildman–Crippen LogP) is 6.07. The average Bonchev–Trinajstić information content (AvgIpc) is 3.40. The number of nitrogens with zero attached hydrogens (tertiary/aromatic N) is 2. The number of furan rings is 2. The molecule has 33 heavy (non-hydrogen) atoms. The van der Waals surface area contributed by atoms with E-state index in [1.54, 1.807) is 36.4 Å². The van der Waals surface area contributed by atoms with Gasteiger partial charge in [0.05, 0.1) is 22.8 Å². The maximum Gasteiger partial charge on any atom is 0.307 e. The minimum atomic E-state index is -0.612. The highest BCUT2D eigenvalue weighted by Crippen LogP contribution is 2.37. The number of hydrogen-bond acceptors (Lipinski definition) is 7. The summed E-state index contributed by atoms with van der Waals surface area (Å²) in [4.78, 5) is 22.9. The van der Waals surface area contributed by atoms with Gasteiger partial charge in [0, 0.05) is 17.0 Å². The minimum absolute atomic E-state index is 0.0792. The Morgan fingerprint density at radius 3 is 2.73 bits per heavy atom. The maximum atomic E-state index is 12.3. The fourth-order valence-electron chi connectivity index (χ4n) is 3.03. The zero-order valence-corrected chi connectivity index (χ0v) is 18.5. The SMILES string of the molecule is CCOc1ccc2oc(C(=O)N/N=C/c3ccc(-c4cc([N+](=O)[O-])c(Cl)cc4Cl)o3)cc2c1. The van der Waals surface area contributed by atoms with Gasteiger partial charge < -0.3 is 13.6 Å². The second-order valence-corrected chi connectivity index (χ2v) is 7.50. The molecule has 2 aromatic heterocycles. The van der Waals surface area contributed by atoms with Gasteiger partial charge >= 0.3 is 5.91 Å². The van der Waals surface area contributed by atoms with Crippen LogP contribution in [0.3, 0.4) is 0 Å². The number of nitrogens with one attached hydrogen (secondary N) is 1. The summed E-state index contributed by atoms with van der Waals surface area (Å²) in [6, 6.07) is 12.5. The zero-order valence-electron chi connectivity index (χ0n) is 17.0. The van der Waals surface area contributed by atoms with Crippen molar-refractivity contribution in [2.75, 3.05) is 6.61 Å². The molecule has 1 N–H and O–H groups in total. The summed E-state index contributed by atoms with van der Waals surface area (Å²) in [5.41, 5.74) is 2.89. The molecule has 4 aromatic rings. The summed E-state index contributed by atoms with van der Waals surface area (Å²) >= 11 is 12.0. The molecule has 0 atom stereocenters. The average molecular weight is 488 g/mol. The Bertz CT molecular complexity index is 1390. The third-order valence-electron chi connectivity index (χ3n) is 4.51. The number of ether oxygens (including phenoxy) is 1. The predicted molar refractivity (Wildman–Crippen MR) is 123 cm³/mol. The first kappa shape index (κ1) is 22.4. The van der Waals surface area contributed by atoms with E-state index < -0.39 is 10.8 Å². The van der Waals surface area contributed by atoms with Crippen molar-refractivity contribution in [2.45, 2.75) is 6.92 Å². The first-order valence-electron chi connectivity index (χ1n) is 9.59. The van der Waals surface area contributed by atoms with Crippen LogP contribution >= 0.6 is 23.2 Å². The Kier molecular flexibility index (Phi) is 6.34. The number of rotatable bonds is 7. The summed E-state index contributed by atoms with van der Waals surface area (Å²) < 4.78 is 16.6. The van der Waals surface area contributed by atoms with Crippen LogP contribution in [-0.4, -0.2) is 23.7 Å². The van der Waals surface area contributed by atoms with E-state index in [4.69, 9.17) is 36.8 Å². The van der Waals surface area contributed by atoms with Gasteiger partial charge in [0.15, 0.2) is 5.76 Å². The Balaban J connectivity index is 1.47. The fraction of sp³-hybridized carbons (Fsp3) is 0.0909. The van der Waals surface area contributed by atoms with Crippen molar-refractivity contribution in [3.8, 4) is 17.1 Å². The Labute approximate surface area is 196 Å². The van der Waals surface area contributed by atoms with E-state index in [0.29, 0.717) is 23.5 Å². The molecular formula is C22H15Cl2N3O6. The lowest BCUT2D eigenvalue weighted by Gasteiger charge is -2.02. The first-order chi connectivity index (χ1) is 15.9. The number of carbonyl (C=O) groups excluding carboxylic acids is 1. The van der Waals surface area contributed by atoms with E-state index >= 15 is 0 Å². The van der Waals surface area contributed by atoms with Gasteiger partial charge in [0.25, 0.3) is 5.69 Å². The van der Waals surface area contributed by atoms with Gasteiger partial charge in [-0.05, 0) is 49.4 Å². The van der Waals surface area contributed by atoms with Crippen LogP contribution in [0.2, 0.25) is 10.0 Å². The molecule has 0 aliphatic heterocycles. The van der Waals surface area contributed by atoms with Gasteiger partial charge in [-0.3, -0.25) is 14.9 Å². The van der Waals surface area contributed by atoms with Crippen molar-refractivity contribution < 1.29 is 23.3 Å². The highest BCUT2D eigenvalue weighted by molar-refractivity contribution is 6.37. The number of nitro benzene ring substituents is 1. The zero-order chi connectivity index (χ0) is 23.5. The Morgan fingerprint density at radius 1 is 1.15 bits per heavy atom. The number of amides is 1. The van der Waals surface area contributed by atoms with Gasteiger partial charge in [0.2, 0.25) is 0 Å². The number of carbonyl (C=O) groups is 1. The molecular weight excluding hydrogens is 473 g/mol. The third-order valence-corrected chi connectivity index (χ3v) is 5.12. The van der Waals surface area contributed by atoms with Crippen LogP contribution in [0.25, 0.3) is 22.3 Å². The maximum absolute atomic E-state index is 12.3. The van der Waals surface area contributed by atoms with E-state index in [1.807, 2.05) is 6.92 Å². The van der Waals surface area contributed by atoms with Crippen LogP contribution in [0.1, 0.15) is 23.2 Å². The van der Waals surface area contributed by atoms with Crippen LogP contribution < -0.4 is 10.2 Å². The van der Waals surface area contributed by atoms with Crippen molar-refractivity contribution >= 4 is 52.0 Å². The van der Waals surface area contributed by atoms with E-state index in [1.165, 1.54) is 18.3 Å². The molecule has 0 saturated heterocycles. The summed E-state index contributed by atoms with van der Waals surface area (Å²) in [5.74, 6) is 0.759. The number of nitro groups is 1. The number of benzene rings is 2. The summed E-state index contributed by atoms with van der Waals surface area (Å²) in [6.45, 7) is 2.41. The van der Waals surface area contributed by atoms with Crippen LogP contribution in [0.5, 0.6) is 5.75 Å². The largest absolute Gasteiger partial charge is 0.494 e. The summed E-state index contributed by atoms with van der Waals surface area (Å²) in [7, 11) is 0. The summed E-state index contributed by atoms with van der Waals surface area (Å²) in [6.07, 6.45) is 1.27. The van der Waals surface area contributed by atoms with Crippen molar-refractivity contribution in [2.24, 2.45) is 5.10 Å². The van der Waals surface area contributed by atoms with Crippen LogP contribution in [0.15, 0.2) is 62.5 Å². The van der Waals surface area contributed by atoms with Gasteiger partial charge in [-0.1, -0.05) is 23.2 Å². The molecule has 0 fully saturated rings. The number of hydrazone groups is 1. The molecule has 0 unspecified atom stereocenters. The van der Waals surface area contributed by atoms with Gasteiger partial charge in [-0.25, -0.2) is 5.43 Å². The lowest BCUT2D eigenvalue weighted by atomic mass is 10.1. The molecule has 0 aliphatic carbocycles. The topological polar surface area (TPSA) is 120 Å². The molecule has 0 radical (unpaired) electrons. The van der Waals surface area contributed by atoms with Crippen LogP contribution in [0.4, 0.5) is 5.69 Å². The number of fused-ring (bicyclic) bond motifs is 1. The molecule has 2 heterocycles. The molecule has 0 spiro atoms. The molecule has 0 aliphatic rings.